The van der Waals surface area contributed by atoms with Crippen molar-refractivity contribution in [2.45, 2.75) is 18.9 Å². The van der Waals surface area contributed by atoms with E-state index in [2.05, 4.69) is 4.98 Å². The molecule has 0 bridgehead atoms. The van der Waals surface area contributed by atoms with Gasteiger partial charge in [0.2, 0.25) is 5.91 Å². The van der Waals surface area contributed by atoms with Crippen molar-refractivity contribution in [1.29, 1.82) is 0 Å². The lowest BCUT2D eigenvalue weighted by molar-refractivity contribution is -0.125. The molecule has 1 aromatic heterocycles. The van der Waals surface area contributed by atoms with Crippen LogP contribution in [-0.2, 0) is 4.79 Å². The first-order valence-electron chi connectivity index (χ1n) is 7.67. The number of hydrogen-bond donors (Lipinski definition) is 1. The second kappa shape index (κ2) is 4.92. The van der Waals surface area contributed by atoms with Gasteiger partial charge in [-0.05, 0) is 25.0 Å². The van der Waals surface area contributed by atoms with Crippen LogP contribution in [0, 0.1) is 5.41 Å². The van der Waals surface area contributed by atoms with Crippen molar-refractivity contribution in [2.24, 2.45) is 5.41 Å². The van der Waals surface area contributed by atoms with E-state index in [-0.39, 0.29) is 17.4 Å². The zero-order valence-electron chi connectivity index (χ0n) is 12.3. The van der Waals surface area contributed by atoms with E-state index in [1.54, 1.807) is 17.2 Å². The molecule has 1 saturated carbocycles. The molecule has 2 heterocycles. The number of amides is 1. The lowest BCUT2D eigenvalue weighted by atomic mass is 10.0. The van der Waals surface area contributed by atoms with Crippen molar-refractivity contribution < 1.29 is 9.90 Å². The number of aliphatic hydroxyl groups is 1. The number of likely N-dealkylation sites (tertiary alicyclic amines) is 1. The van der Waals surface area contributed by atoms with E-state index in [4.69, 9.17) is 0 Å². The number of para-hydroxylation sites is 1. The topological polar surface area (TPSA) is 53.4 Å². The van der Waals surface area contributed by atoms with Gasteiger partial charge in [-0.3, -0.25) is 9.78 Å². The number of carbonyl (C=O) groups excluding carboxylic acids is 1. The highest BCUT2D eigenvalue weighted by atomic mass is 16.3. The molecule has 4 rings (SSSR count). The number of β-amino-alcohol motifs (C(OH)–C–C–N with tert-alkyl or cyclic N) is 1. The van der Waals surface area contributed by atoms with Crippen LogP contribution in [0.5, 0.6) is 0 Å². The first-order chi connectivity index (χ1) is 10.7. The first-order valence-corrected chi connectivity index (χ1v) is 7.67. The van der Waals surface area contributed by atoms with Crippen LogP contribution >= 0.6 is 0 Å². The van der Waals surface area contributed by atoms with E-state index >= 15 is 0 Å². The number of nitrogens with zero attached hydrogens (tertiary/aromatic N) is 2. The van der Waals surface area contributed by atoms with Crippen LogP contribution in [0.25, 0.3) is 17.0 Å². The molecule has 2 aliphatic rings. The van der Waals surface area contributed by atoms with Crippen LogP contribution in [0.4, 0.5) is 0 Å². The maximum absolute atomic E-state index is 12.3. The molecule has 22 heavy (non-hydrogen) atoms. The molecule has 112 valence electrons. The number of hydrogen-bond acceptors (Lipinski definition) is 3. The highest BCUT2D eigenvalue weighted by Gasteiger charge is 2.55. The number of pyridine rings is 1. The Kier molecular flexibility index (Phi) is 3.01. The summed E-state index contributed by atoms with van der Waals surface area (Å²) in [5, 5.41) is 11.1. The molecule has 4 nitrogen and oxygen atoms in total. The molecule has 1 amide bonds. The summed E-state index contributed by atoms with van der Waals surface area (Å²) in [7, 11) is 0. The summed E-state index contributed by atoms with van der Waals surface area (Å²) < 4.78 is 0. The van der Waals surface area contributed by atoms with E-state index < -0.39 is 0 Å². The number of aromatic nitrogens is 1. The van der Waals surface area contributed by atoms with Gasteiger partial charge in [0.1, 0.15) is 0 Å². The molecule has 1 aliphatic heterocycles. The zero-order chi connectivity index (χ0) is 15.2. The molecule has 0 radical (unpaired) electrons. The predicted molar refractivity (Wildman–Crippen MR) is 85.0 cm³/mol. The van der Waals surface area contributed by atoms with Crippen molar-refractivity contribution in [3.63, 3.8) is 0 Å². The predicted octanol–water partition coefficient (Wildman–Crippen LogP) is 2.23. The van der Waals surface area contributed by atoms with Crippen molar-refractivity contribution in [2.75, 3.05) is 13.1 Å². The van der Waals surface area contributed by atoms with Gasteiger partial charge in [-0.1, -0.05) is 24.3 Å². The maximum atomic E-state index is 12.3. The van der Waals surface area contributed by atoms with Gasteiger partial charge in [0.05, 0.1) is 11.6 Å². The Labute approximate surface area is 129 Å². The second-order valence-corrected chi connectivity index (χ2v) is 6.35. The van der Waals surface area contributed by atoms with Gasteiger partial charge in [0, 0.05) is 41.7 Å². The minimum atomic E-state index is -0.357. The normalized spacial score (nSPS) is 22.8. The second-order valence-electron chi connectivity index (χ2n) is 6.35. The van der Waals surface area contributed by atoms with Gasteiger partial charge in [-0.2, -0.15) is 0 Å². The fourth-order valence-corrected chi connectivity index (χ4v) is 3.30. The fraction of sp³-hybridized carbons (Fsp3) is 0.333. The Bertz CT molecular complexity index is 759. The van der Waals surface area contributed by atoms with Crippen molar-refractivity contribution >= 4 is 22.9 Å². The minimum absolute atomic E-state index is 0.00446. The van der Waals surface area contributed by atoms with Crippen LogP contribution in [0.1, 0.15) is 18.4 Å². The molecule has 2 fully saturated rings. The zero-order valence-corrected chi connectivity index (χ0v) is 12.3. The van der Waals surface area contributed by atoms with E-state index in [9.17, 15) is 9.90 Å². The number of benzene rings is 1. The molecule has 1 unspecified atom stereocenters. The molecular formula is C18H18N2O2. The first kappa shape index (κ1) is 13.5. The van der Waals surface area contributed by atoms with Gasteiger partial charge >= 0.3 is 0 Å². The number of fused-ring (bicyclic) bond motifs is 1. The molecule has 1 aromatic carbocycles. The lowest BCUT2D eigenvalue weighted by Gasteiger charge is -2.13. The van der Waals surface area contributed by atoms with E-state index in [1.807, 2.05) is 36.4 Å². The highest BCUT2D eigenvalue weighted by Crippen LogP contribution is 2.52. The molecule has 1 spiro atoms. The van der Waals surface area contributed by atoms with Gasteiger partial charge in [0.15, 0.2) is 0 Å². The SMILES string of the molecule is O=C(/C=C/c1cccc2cccnc12)N1CC(O)C2(CC2)C1. The summed E-state index contributed by atoms with van der Waals surface area (Å²) in [6.45, 7) is 1.14. The Hall–Kier alpha value is -2.20. The van der Waals surface area contributed by atoms with Crippen molar-refractivity contribution in [3.8, 4) is 0 Å². The maximum Gasteiger partial charge on any atom is 0.246 e. The van der Waals surface area contributed by atoms with E-state index in [1.165, 1.54) is 0 Å². The molecule has 4 heteroatoms. The summed E-state index contributed by atoms with van der Waals surface area (Å²) >= 11 is 0. The van der Waals surface area contributed by atoms with Crippen LogP contribution in [0.3, 0.4) is 0 Å². The summed E-state index contributed by atoms with van der Waals surface area (Å²) in [6, 6.07) is 9.85. The third kappa shape index (κ3) is 2.20. The average Bonchev–Trinajstić information content (AvgIpc) is 3.25. The average molecular weight is 294 g/mol. The van der Waals surface area contributed by atoms with Crippen LogP contribution in [0.15, 0.2) is 42.6 Å². The molecule has 1 saturated heterocycles. The minimum Gasteiger partial charge on any atom is -0.391 e. The molecule has 2 aromatic rings. The van der Waals surface area contributed by atoms with Crippen molar-refractivity contribution in [3.05, 3.63) is 48.2 Å². The van der Waals surface area contributed by atoms with Gasteiger partial charge in [0.25, 0.3) is 0 Å². The molecular weight excluding hydrogens is 276 g/mol. The standard InChI is InChI=1S/C18H18N2O2/c21-15-11-20(12-18(15)8-9-18)16(22)7-6-14-4-1-3-13-5-2-10-19-17(13)14/h1-7,10,15,21H,8-9,11-12H2/b7-6+. The fourth-order valence-electron chi connectivity index (χ4n) is 3.30. The molecule has 1 N–H and O–H groups in total. The van der Waals surface area contributed by atoms with E-state index in [0.717, 1.165) is 29.3 Å². The monoisotopic (exact) mass is 294 g/mol. The van der Waals surface area contributed by atoms with Crippen LogP contribution in [0.2, 0.25) is 0 Å². The third-order valence-electron chi connectivity index (χ3n) is 4.88. The molecule has 1 atom stereocenters. The van der Waals surface area contributed by atoms with Gasteiger partial charge < -0.3 is 10.0 Å². The summed E-state index contributed by atoms with van der Waals surface area (Å²) in [6.07, 6.45) is 6.89. The Morgan fingerprint density at radius 3 is 2.91 bits per heavy atom. The summed E-state index contributed by atoms with van der Waals surface area (Å²) in [4.78, 5) is 18.5. The van der Waals surface area contributed by atoms with Crippen molar-refractivity contribution in [1.82, 2.24) is 9.88 Å². The summed E-state index contributed by atoms with van der Waals surface area (Å²) in [5.74, 6) is -0.0317. The lowest BCUT2D eigenvalue weighted by Crippen LogP contribution is -2.27. The smallest absolute Gasteiger partial charge is 0.246 e. The van der Waals surface area contributed by atoms with E-state index in [0.29, 0.717) is 13.1 Å². The van der Waals surface area contributed by atoms with Gasteiger partial charge in [-0.15, -0.1) is 0 Å². The van der Waals surface area contributed by atoms with Gasteiger partial charge in [-0.25, -0.2) is 0 Å². The summed E-state index contributed by atoms with van der Waals surface area (Å²) in [5.41, 5.74) is 1.84. The molecule has 1 aliphatic carbocycles. The number of aliphatic hydroxyl groups excluding tert-OH is 1. The Balaban J connectivity index is 1.55. The van der Waals surface area contributed by atoms with Crippen LogP contribution < -0.4 is 0 Å². The van der Waals surface area contributed by atoms with Crippen LogP contribution in [-0.4, -0.2) is 40.1 Å². The quantitative estimate of drug-likeness (QED) is 0.864. The Morgan fingerprint density at radius 1 is 1.32 bits per heavy atom. The highest BCUT2D eigenvalue weighted by molar-refractivity contribution is 5.95. The number of rotatable bonds is 2. The number of carbonyl (C=O) groups is 1. The third-order valence-corrected chi connectivity index (χ3v) is 4.88. The largest absolute Gasteiger partial charge is 0.391 e. The Morgan fingerprint density at radius 2 is 2.14 bits per heavy atom.